The van der Waals surface area contributed by atoms with Crippen LogP contribution in [0.3, 0.4) is 0 Å². The Hall–Kier alpha value is -5.25. The number of aromatic nitrogens is 2. The van der Waals surface area contributed by atoms with Crippen molar-refractivity contribution < 1.29 is 0 Å². The Bertz CT molecular complexity index is 2750. The third kappa shape index (κ3) is 3.22. The maximum atomic E-state index is 5.53. The molecule has 1 aromatic heterocycles. The van der Waals surface area contributed by atoms with Crippen LogP contribution in [0.5, 0.6) is 0 Å². The van der Waals surface area contributed by atoms with E-state index in [0.29, 0.717) is 0 Å². The summed E-state index contributed by atoms with van der Waals surface area (Å²) in [4.78, 5) is 5.53. The first-order valence-electron chi connectivity index (χ1n) is 14.9. The Balaban J connectivity index is 1.39. The lowest BCUT2D eigenvalue weighted by molar-refractivity contribution is 1.11. The summed E-state index contributed by atoms with van der Waals surface area (Å²) in [6.07, 6.45) is 0. The first kappa shape index (κ1) is 24.2. The van der Waals surface area contributed by atoms with Crippen molar-refractivity contribution in [2.45, 2.75) is 0 Å². The van der Waals surface area contributed by atoms with Gasteiger partial charge in [0.1, 0.15) is 5.82 Å². The van der Waals surface area contributed by atoms with Gasteiger partial charge in [0, 0.05) is 26.5 Å². The Labute approximate surface area is 261 Å². The fraction of sp³-hybridized carbons (Fsp3) is 0. The summed E-state index contributed by atoms with van der Waals surface area (Å²) >= 11 is 3.70. The highest BCUT2D eigenvalue weighted by molar-refractivity contribution is 9.10. The van der Waals surface area contributed by atoms with E-state index in [1.807, 2.05) is 0 Å². The molecular weight excluding hydrogens is 600 g/mol. The molecule has 0 bridgehead atoms. The maximum absolute atomic E-state index is 5.53. The molecule has 0 spiro atoms. The largest absolute Gasteiger partial charge is 0.292 e. The molecule has 3 heteroatoms. The van der Waals surface area contributed by atoms with Crippen LogP contribution in [0, 0.1) is 0 Å². The molecular formula is C41H23BrN2. The van der Waals surface area contributed by atoms with Crippen LogP contribution in [0.4, 0.5) is 0 Å². The van der Waals surface area contributed by atoms with Crippen molar-refractivity contribution in [2.24, 2.45) is 0 Å². The van der Waals surface area contributed by atoms with Crippen molar-refractivity contribution in [3.63, 3.8) is 0 Å². The highest BCUT2D eigenvalue weighted by Gasteiger charge is 2.22. The van der Waals surface area contributed by atoms with Gasteiger partial charge in [-0.3, -0.25) is 4.57 Å². The predicted octanol–water partition coefficient (Wildman–Crippen LogP) is 11.8. The SMILES string of the molecule is Brc1ccc2c3ccc(-c4nc5c6cccc7ccc8cccc(c8c76)c5n4-c4ccccc4)cc3c3ccccc3c2c1. The molecule has 0 aliphatic heterocycles. The van der Waals surface area contributed by atoms with Gasteiger partial charge in [-0.1, -0.05) is 125 Å². The summed E-state index contributed by atoms with van der Waals surface area (Å²) in [6.45, 7) is 0. The van der Waals surface area contributed by atoms with E-state index in [1.165, 1.54) is 64.6 Å². The topological polar surface area (TPSA) is 17.8 Å². The summed E-state index contributed by atoms with van der Waals surface area (Å²) in [6, 6.07) is 50.7. The van der Waals surface area contributed by atoms with Gasteiger partial charge < -0.3 is 0 Å². The molecule has 10 rings (SSSR count). The zero-order valence-corrected chi connectivity index (χ0v) is 25.1. The minimum atomic E-state index is 0.949. The fourth-order valence-electron chi connectivity index (χ4n) is 7.50. The van der Waals surface area contributed by atoms with Crippen LogP contribution in [-0.4, -0.2) is 9.55 Å². The first-order valence-corrected chi connectivity index (χ1v) is 15.7. The molecule has 0 fully saturated rings. The molecule has 0 aliphatic carbocycles. The van der Waals surface area contributed by atoms with Crippen LogP contribution in [-0.2, 0) is 0 Å². The van der Waals surface area contributed by atoms with Crippen LogP contribution < -0.4 is 0 Å². The molecule has 2 nitrogen and oxygen atoms in total. The number of nitrogens with zero attached hydrogens (tertiary/aromatic N) is 2. The second kappa shape index (κ2) is 8.89. The van der Waals surface area contributed by atoms with Crippen LogP contribution >= 0.6 is 15.9 Å². The van der Waals surface area contributed by atoms with E-state index in [0.717, 1.165) is 32.6 Å². The summed E-state index contributed by atoms with van der Waals surface area (Å²) < 4.78 is 3.47. The van der Waals surface area contributed by atoms with Gasteiger partial charge in [-0.15, -0.1) is 0 Å². The van der Waals surface area contributed by atoms with E-state index in [4.69, 9.17) is 4.98 Å². The van der Waals surface area contributed by atoms with Crippen molar-refractivity contribution in [2.75, 3.05) is 0 Å². The second-order valence-corrected chi connectivity index (χ2v) is 12.6. The van der Waals surface area contributed by atoms with Gasteiger partial charge in [-0.05, 0) is 84.2 Å². The zero-order chi connectivity index (χ0) is 28.9. The Morgan fingerprint density at radius 3 is 1.80 bits per heavy atom. The molecule has 1 heterocycles. The lowest BCUT2D eigenvalue weighted by Crippen LogP contribution is -1.98. The van der Waals surface area contributed by atoms with Crippen LogP contribution in [0.2, 0.25) is 0 Å². The van der Waals surface area contributed by atoms with E-state index in [2.05, 4.69) is 160 Å². The average molecular weight is 624 g/mol. The second-order valence-electron chi connectivity index (χ2n) is 11.7. The summed E-state index contributed by atoms with van der Waals surface area (Å²) in [5.41, 5.74) is 4.39. The minimum absolute atomic E-state index is 0.949. The molecule has 0 radical (unpaired) electrons. The minimum Gasteiger partial charge on any atom is -0.292 e. The molecule has 0 saturated carbocycles. The van der Waals surface area contributed by atoms with Gasteiger partial charge in [-0.2, -0.15) is 0 Å². The predicted molar refractivity (Wildman–Crippen MR) is 190 cm³/mol. The van der Waals surface area contributed by atoms with Gasteiger partial charge in [0.05, 0.1) is 11.0 Å². The molecule has 204 valence electrons. The van der Waals surface area contributed by atoms with E-state index < -0.39 is 0 Å². The van der Waals surface area contributed by atoms with Crippen molar-refractivity contribution >= 4 is 91.6 Å². The number of benzene rings is 9. The zero-order valence-electron chi connectivity index (χ0n) is 23.6. The summed E-state index contributed by atoms with van der Waals surface area (Å²) in [5.74, 6) is 0.949. The number of para-hydroxylation sites is 1. The van der Waals surface area contributed by atoms with E-state index in [-0.39, 0.29) is 0 Å². The maximum Gasteiger partial charge on any atom is 0.145 e. The summed E-state index contributed by atoms with van der Waals surface area (Å²) in [7, 11) is 0. The standard InChI is InChI=1S/C41H23BrN2/c42-27-19-21-32-31-20-18-26(22-35(31)29-12-4-5-13-30(29)36(32)23-27)41-43-39-33-14-6-8-24-16-17-25-9-7-15-34(38(25)37(24)33)40(39)44(41)28-10-2-1-3-11-28/h1-23H. The van der Waals surface area contributed by atoms with E-state index >= 15 is 0 Å². The molecule has 9 aromatic carbocycles. The molecule has 0 aliphatic rings. The van der Waals surface area contributed by atoms with Gasteiger partial charge >= 0.3 is 0 Å². The molecule has 0 saturated heterocycles. The van der Waals surface area contributed by atoms with Gasteiger partial charge in [0.15, 0.2) is 0 Å². The lowest BCUT2D eigenvalue weighted by Gasteiger charge is -2.15. The van der Waals surface area contributed by atoms with Gasteiger partial charge in [0.25, 0.3) is 0 Å². The Kier molecular flexibility index (Phi) is 4.89. The first-order chi connectivity index (χ1) is 21.7. The highest BCUT2D eigenvalue weighted by Crippen LogP contribution is 2.44. The number of halogens is 1. The lowest BCUT2D eigenvalue weighted by atomic mass is 9.93. The van der Waals surface area contributed by atoms with Crippen LogP contribution in [0.1, 0.15) is 0 Å². The molecule has 10 aromatic rings. The van der Waals surface area contributed by atoms with E-state index in [9.17, 15) is 0 Å². The normalized spacial score (nSPS) is 12.2. The summed E-state index contributed by atoms with van der Waals surface area (Å²) in [5, 5.41) is 15.0. The van der Waals surface area contributed by atoms with E-state index in [1.54, 1.807) is 0 Å². The Morgan fingerprint density at radius 1 is 0.455 bits per heavy atom. The molecule has 0 unspecified atom stereocenters. The monoisotopic (exact) mass is 622 g/mol. The number of fused-ring (bicyclic) bond motifs is 9. The molecule has 0 amide bonds. The molecule has 44 heavy (non-hydrogen) atoms. The number of hydrogen-bond donors (Lipinski definition) is 0. The number of imidazole rings is 1. The van der Waals surface area contributed by atoms with Crippen molar-refractivity contribution in [1.82, 2.24) is 9.55 Å². The van der Waals surface area contributed by atoms with Crippen molar-refractivity contribution in [3.05, 3.63) is 144 Å². The van der Waals surface area contributed by atoms with Crippen molar-refractivity contribution in [3.8, 4) is 17.1 Å². The third-order valence-corrected chi connectivity index (χ3v) is 9.84. The number of rotatable bonds is 2. The smallest absolute Gasteiger partial charge is 0.145 e. The van der Waals surface area contributed by atoms with Gasteiger partial charge in [0.2, 0.25) is 0 Å². The Morgan fingerprint density at radius 2 is 1.05 bits per heavy atom. The molecule has 0 atom stereocenters. The number of hydrogen-bond acceptors (Lipinski definition) is 1. The molecule has 0 N–H and O–H groups in total. The fourth-order valence-corrected chi connectivity index (χ4v) is 7.86. The third-order valence-electron chi connectivity index (χ3n) is 9.34. The van der Waals surface area contributed by atoms with Crippen LogP contribution in [0.25, 0.3) is 92.7 Å². The highest BCUT2D eigenvalue weighted by atomic mass is 79.9. The average Bonchev–Trinajstić information content (AvgIpc) is 3.49. The quantitative estimate of drug-likeness (QED) is 0.175. The van der Waals surface area contributed by atoms with Gasteiger partial charge in [-0.25, -0.2) is 4.98 Å². The van der Waals surface area contributed by atoms with Crippen LogP contribution in [0.15, 0.2) is 144 Å². The van der Waals surface area contributed by atoms with Crippen molar-refractivity contribution in [1.29, 1.82) is 0 Å².